The first-order valence-electron chi connectivity index (χ1n) is 7.29. The van der Waals surface area contributed by atoms with Crippen molar-refractivity contribution in [2.24, 2.45) is 0 Å². The van der Waals surface area contributed by atoms with E-state index >= 15 is 0 Å². The van der Waals surface area contributed by atoms with Crippen molar-refractivity contribution >= 4 is 18.3 Å². The molecule has 0 aliphatic carbocycles. The molecule has 1 aliphatic heterocycles. The maximum absolute atomic E-state index is 12.9. The first-order chi connectivity index (χ1) is 11.0. The van der Waals surface area contributed by atoms with E-state index in [0.717, 1.165) is 0 Å². The summed E-state index contributed by atoms with van der Waals surface area (Å²) in [6, 6.07) is 0.733. The number of nitrogens with zero attached hydrogens (tertiary/aromatic N) is 1. The van der Waals surface area contributed by atoms with Crippen LogP contribution < -0.4 is 5.32 Å². The molecule has 1 fully saturated rings. The van der Waals surface area contributed by atoms with Crippen LogP contribution in [0.2, 0.25) is 0 Å². The maximum Gasteiger partial charge on any atom is 0.416 e. The molecule has 1 heterocycles. The van der Waals surface area contributed by atoms with Crippen LogP contribution in [0, 0.1) is 0 Å². The first kappa shape index (κ1) is 21.6. The standard InChI is InChI=1S/C15H16F6N2O.ClH/c1-22-8-12-3-2-4-23(12)13(24)9-5-10(14(16,17)18)7-11(6-9)15(19,20)21;/h5-7,12,22H,2-4,8H2,1H3;1H. The average molecular weight is 391 g/mol. The fraction of sp³-hybridized carbons (Fsp3) is 0.533. The van der Waals surface area contributed by atoms with E-state index in [0.29, 0.717) is 38.1 Å². The normalized spacial score (nSPS) is 18.2. The van der Waals surface area contributed by atoms with Gasteiger partial charge in [0.25, 0.3) is 5.91 Å². The van der Waals surface area contributed by atoms with Crippen LogP contribution >= 0.6 is 12.4 Å². The molecule has 142 valence electrons. The molecular formula is C15H17ClF6N2O. The molecule has 1 N–H and O–H groups in total. The molecular weight excluding hydrogens is 374 g/mol. The SMILES string of the molecule is CNCC1CCCN1C(=O)c1cc(C(F)(F)F)cc(C(F)(F)F)c1.Cl. The van der Waals surface area contributed by atoms with Gasteiger partial charge in [-0.1, -0.05) is 0 Å². The molecule has 1 aliphatic rings. The number of rotatable bonds is 3. The minimum Gasteiger partial charge on any atom is -0.334 e. The zero-order valence-electron chi connectivity index (χ0n) is 13.2. The van der Waals surface area contributed by atoms with E-state index in [1.165, 1.54) is 4.90 Å². The van der Waals surface area contributed by atoms with Crippen molar-refractivity contribution in [1.29, 1.82) is 0 Å². The highest BCUT2D eigenvalue weighted by molar-refractivity contribution is 5.95. The van der Waals surface area contributed by atoms with Gasteiger partial charge in [0.1, 0.15) is 0 Å². The lowest BCUT2D eigenvalue weighted by atomic mass is 10.0. The lowest BCUT2D eigenvalue weighted by molar-refractivity contribution is -0.143. The van der Waals surface area contributed by atoms with Crippen LogP contribution in [0.4, 0.5) is 26.3 Å². The molecule has 1 saturated heterocycles. The number of likely N-dealkylation sites (N-methyl/N-ethyl adjacent to an activating group) is 1. The molecule has 0 bridgehead atoms. The molecule has 0 aromatic heterocycles. The molecule has 1 amide bonds. The second-order valence-electron chi connectivity index (χ2n) is 5.65. The molecule has 1 atom stereocenters. The van der Waals surface area contributed by atoms with E-state index in [2.05, 4.69) is 5.32 Å². The highest BCUT2D eigenvalue weighted by Crippen LogP contribution is 2.36. The molecule has 10 heteroatoms. The number of halogens is 7. The summed E-state index contributed by atoms with van der Waals surface area (Å²) in [5.74, 6) is -0.815. The van der Waals surface area contributed by atoms with Crippen LogP contribution in [0.25, 0.3) is 0 Å². The smallest absolute Gasteiger partial charge is 0.334 e. The Balaban J connectivity index is 0.00000312. The van der Waals surface area contributed by atoms with Crippen LogP contribution in [0.5, 0.6) is 0 Å². The number of likely N-dealkylation sites (tertiary alicyclic amines) is 1. The van der Waals surface area contributed by atoms with Gasteiger partial charge < -0.3 is 10.2 Å². The summed E-state index contributed by atoms with van der Waals surface area (Å²) in [4.78, 5) is 13.8. The monoisotopic (exact) mass is 390 g/mol. The molecule has 0 spiro atoms. The minimum absolute atomic E-state index is 0. The van der Waals surface area contributed by atoms with Gasteiger partial charge in [0, 0.05) is 24.7 Å². The third-order valence-corrected chi connectivity index (χ3v) is 3.91. The number of nitrogens with one attached hydrogen (secondary N) is 1. The van der Waals surface area contributed by atoms with Crippen LogP contribution in [-0.4, -0.2) is 37.0 Å². The summed E-state index contributed by atoms with van der Waals surface area (Å²) in [7, 11) is 1.66. The third-order valence-electron chi connectivity index (χ3n) is 3.91. The van der Waals surface area contributed by atoms with E-state index in [1.807, 2.05) is 0 Å². The Morgan fingerprint density at radius 3 is 2.08 bits per heavy atom. The molecule has 0 radical (unpaired) electrons. The van der Waals surface area contributed by atoms with Crippen molar-refractivity contribution in [2.75, 3.05) is 20.1 Å². The maximum atomic E-state index is 12.9. The summed E-state index contributed by atoms with van der Waals surface area (Å²) in [6.07, 6.45) is -8.63. The summed E-state index contributed by atoms with van der Waals surface area (Å²) in [5.41, 5.74) is -3.56. The van der Waals surface area contributed by atoms with Crippen molar-refractivity contribution in [3.63, 3.8) is 0 Å². The highest BCUT2D eigenvalue weighted by Gasteiger charge is 2.38. The Morgan fingerprint density at radius 2 is 1.64 bits per heavy atom. The highest BCUT2D eigenvalue weighted by atomic mass is 35.5. The van der Waals surface area contributed by atoms with Crippen molar-refractivity contribution in [3.05, 3.63) is 34.9 Å². The number of carbonyl (C=O) groups excluding carboxylic acids is 1. The minimum atomic E-state index is -4.97. The molecule has 25 heavy (non-hydrogen) atoms. The predicted octanol–water partition coefficient (Wildman–Crippen LogP) is 3.97. The average Bonchev–Trinajstić information content (AvgIpc) is 2.93. The molecule has 1 aromatic rings. The lowest BCUT2D eigenvalue weighted by Gasteiger charge is -2.25. The van der Waals surface area contributed by atoms with E-state index in [4.69, 9.17) is 0 Å². The van der Waals surface area contributed by atoms with Crippen LogP contribution in [0.15, 0.2) is 18.2 Å². The van der Waals surface area contributed by atoms with Crippen molar-refractivity contribution in [3.8, 4) is 0 Å². The van der Waals surface area contributed by atoms with Gasteiger partial charge in [-0.2, -0.15) is 26.3 Å². The Labute approximate surface area is 146 Å². The molecule has 1 aromatic carbocycles. The zero-order chi connectivity index (χ0) is 18.1. The van der Waals surface area contributed by atoms with E-state index in [1.54, 1.807) is 7.05 Å². The van der Waals surface area contributed by atoms with E-state index in [-0.39, 0.29) is 24.5 Å². The van der Waals surface area contributed by atoms with Gasteiger partial charge in [0.2, 0.25) is 0 Å². The lowest BCUT2D eigenvalue weighted by Crippen LogP contribution is -2.41. The topological polar surface area (TPSA) is 32.3 Å². The van der Waals surface area contributed by atoms with Crippen LogP contribution in [0.3, 0.4) is 0 Å². The Hall–Kier alpha value is -1.48. The van der Waals surface area contributed by atoms with Gasteiger partial charge in [0.05, 0.1) is 11.1 Å². The zero-order valence-corrected chi connectivity index (χ0v) is 14.0. The number of alkyl halides is 6. The van der Waals surface area contributed by atoms with Gasteiger partial charge in [-0.05, 0) is 38.1 Å². The fourth-order valence-electron chi connectivity index (χ4n) is 2.80. The molecule has 0 saturated carbocycles. The van der Waals surface area contributed by atoms with Gasteiger partial charge in [-0.25, -0.2) is 0 Å². The van der Waals surface area contributed by atoms with E-state index in [9.17, 15) is 31.1 Å². The molecule has 3 nitrogen and oxygen atoms in total. The van der Waals surface area contributed by atoms with Crippen molar-refractivity contribution in [1.82, 2.24) is 10.2 Å². The van der Waals surface area contributed by atoms with Crippen LogP contribution in [-0.2, 0) is 12.4 Å². The Kier molecular flexibility index (Phi) is 6.74. The number of hydrogen-bond donors (Lipinski definition) is 1. The van der Waals surface area contributed by atoms with Crippen molar-refractivity contribution < 1.29 is 31.1 Å². The summed E-state index contributed by atoms with van der Waals surface area (Å²) >= 11 is 0. The van der Waals surface area contributed by atoms with Gasteiger partial charge >= 0.3 is 12.4 Å². The summed E-state index contributed by atoms with van der Waals surface area (Å²) < 4.78 is 77.2. The van der Waals surface area contributed by atoms with E-state index < -0.39 is 35.0 Å². The number of benzene rings is 1. The fourth-order valence-corrected chi connectivity index (χ4v) is 2.80. The predicted molar refractivity (Wildman–Crippen MR) is 81.7 cm³/mol. The molecule has 2 rings (SSSR count). The quantitative estimate of drug-likeness (QED) is 0.792. The number of amides is 1. The Morgan fingerprint density at radius 1 is 1.12 bits per heavy atom. The van der Waals surface area contributed by atoms with Gasteiger partial charge in [-0.15, -0.1) is 12.4 Å². The Bertz CT molecular complexity index is 585. The molecule has 1 unspecified atom stereocenters. The van der Waals surface area contributed by atoms with Gasteiger partial charge in [0.15, 0.2) is 0 Å². The second-order valence-corrected chi connectivity index (χ2v) is 5.65. The second kappa shape index (κ2) is 7.82. The number of hydrogen-bond acceptors (Lipinski definition) is 2. The van der Waals surface area contributed by atoms with Gasteiger partial charge in [-0.3, -0.25) is 4.79 Å². The van der Waals surface area contributed by atoms with Crippen molar-refractivity contribution in [2.45, 2.75) is 31.2 Å². The first-order valence-corrected chi connectivity index (χ1v) is 7.29. The number of carbonyl (C=O) groups is 1. The van der Waals surface area contributed by atoms with Crippen LogP contribution in [0.1, 0.15) is 34.3 Å². The third kappa shape index (κ3) is 5.01. The summed E-state index contributed by atoms with van der Waals surface area (Å²) in [5, 5.41) is 2.86. The summed E-state index contributed by atoms with van der Waals surface area (Å²) in [6.45, 7) is 0.736. The largest absolute Gasteiger partial charge is 0.416 e.